The second-order valence-electron chi connectivity index (χ2n) is 4.82. The van der Waals surface area contributed by atoms with Gasteiger partial charge in [0, 0.05) is 0 Å². The van der Waals surface area contributed by atoms with Crippen molar-refractivity contribution in [3.8, 4) is 0 Å². The number of aliphatic hydroxyl groups excluding tert-OH is 4. The molecule has 1 aliphatic heterocycles. The van der Waals surface area contributed by atoms with E-state index in [1.807, 2.05) is 0 Å². The van der Waals surface area contributed by atoms with E-state index < -0.39 is 61.8 Å². The molecule has 0 aromatic carbocycles. The summed E-state index contributed by atoms with van der Waals surface area (Å²) in [7, 11) is 1.18. The molecule has 22 heavy (non-hydrogen) atoms. The summed E-state index contributed by atoms with van der Waals surface area (Å²) in [4.78, 5) is 22.7. The Balaban J connectivity index is 2.44. The highest BCUT2D eigenvalue weighted by atomic mass is 16.7. The molecule has 6 atom stereocenters. The zero-order valence-corrected chi connectivity index (χ0v) is 12.2. The van der Waals surface area contributed by atoms with Gasteiger partial charge in [-0.2, -0.15) is 0 Å². The molecule has 1 heterocycles. The van der Waals surface area contributed by atoms with Crippen LogP contribution in [0.2, 0.25) is 0 Å². The van der Waals surface area contributed by atoms with Gasteiger partial charge in [-0.1, -0.05) is 0 Å². The van der Waals surface area contributed by atoms with Crippen molar-refractivity contribution in [3.63, 3.8) is 0 Å². The Morgan fingerprint density at radius 3 is 2.50 bits per heavy atom. The first kappa shape index (κ1) is 18.7. The third kappa shape index (κ3) is 4.60. The van der Waals surface area contributed by atoms with Gasteiger partial charge >= 0.3 is 5.97 Å². The summed E-state index contributed by atoms with van der Waals surface area (Å²) in [6.45, 7) is 0.206. The first-order chi connectivity index (χ1) is 10.3. The fourth-order valence-electron chi connectivity index (χ4n) is 1.91. The van der Waals surface area contributed by atoms with Crippen LogP contribution < -0.4 is 5.32 Å². The highest BCUT2D eigenvalue weighted by Crippen LogP contribution is 2.24. The third-order valence-corrected chi connectivity index (χ3v) is 3.13. The summed E-state index contributed by atoms with van der Waals surface area (Å²) in [6, 6.07) is -0.870. The fraction of sp³-hybridized carbons (Fsp3) is 0.833. The number of esters is 1. The maximum absolute atomic E-state index is 11.6. The van der Waals surface area contributed by atoms with Gasteiger partial charge < -0.3 is 40.0 Å². The summed E-state index contributed by atoms with van der Waals surface area (Å²) in [5.74, 6) is -1.29. The summed E-state index contributed by atoms with van der Waals surface area (Å²) < 4.78 is 14.5. The van der Waals surface area contributed by atoms with E-state index in [1.165, 1.54) is 14.0 Å². The topological polar surface area (TPSA) is 155 Å². The molecule has 0 aromatic rings. The Morgan fingerprint density at radius 2 is 1.95 bits per heavy atom. The molecule has 0 spiro atoms. The number of amides is 1. The molecule has 1 saturated heterocycles. The summed E-state index contributed by atoms with van der Waals surface area (Å²) in [5.41, 5.74) is 0. The molecule has 128 valence electrons. The van der Waals surface area contributed by atoms with Crippen LogP contribution in [-0.4, -0.2) is 89.4 Å². The van der Waals surface area contributed by atoms with Crippen molar-refractivity contribution >= 4 is 11.9 Å². The number of nitrogens with one attached hydrogen (secondary N) is 1. The standard InChI is InChI=1S/C12H21NO9/c1-5(11(19)20-2)13-7(16)4-21-12-9(18)8(17)10(22-12)6(15)3-14/h5-6,8-10,12,14-15,17-18H,3-4H2,1-2H3,(H,13,16)/t5-,6?,8-,9+,10-,12+/m1/s1. The van der Waals surface area contributed by atoms with Crippen molar-refractivity contribution < 1.29 is 44.2 Å². The van der Waals surface area contributed by atoms with Gasteiger partial charge in [0.25, 0.3) is 0 Å². The normalized spacial score (nSPS) is 30.6. The van der Waals surface area contributed by atoms with Gasteiger partial charge in [0.15, 0.2) is 6.29 Å². The molecule has 10 heteroatoms. The lowest BCUT2D eigenvalue weighted by atomic mass is 10.1. The maximum Gasteiger partial charge on any atom is 0.328 e. The summed E-state index contributed by atoms with van der Waals surface area (Å²) in [6.07, 6.45) is -6.94. The molecule has 1 rings (SSSR count). The third-order valence-electron chi connectivity index (χ3n) is 3.13. The Hall–Kier alpha value is -1.30. The lowest BCUT2D eigenvalue weighted by Crippen LogP contribution is -2.42. The molecule has 1 aliphatic rings. The average Bonchev–Trinajstić information content (AvgIpc) is 2.79. The van der Waals surface area contributed by atoms with Gasteiger partial charge in [0.2, 0.25) is 5.91 Å². The van der Waals surface area contributed by atoms with E-state index in [9.17, 15) is 24.9 Å². The van der Waals surface area contributed by atoms with Crippen molar-refractivity contribution in [3.05, 3.63) is 0 Å². The highest BCUT2D eigenvalue weighted by molar-refractivity contribution is 5.84. The predicted octanol–water partition coefficient (Wildman–Crippen LogP) is -3.52. The quantitative estimate of drug-likeness (QED) is 0.300. The van der Waals surface area contributed by atoms with E-state index in [0.29, 0.717) is 0 Å². The predicted molar refractivity (Wildman–Crippen MR) is 69.3 cm³/mol. The van der Waals surface area contributed by atoms with E-state index in [1.54, 1.807) is 0 Å². The molecule has 1 fully saturated rings. The van der Waals surface area contributed by atoms with Crippen LogP contribution in [0.25, 0.3) is 0 Å². The maximum atomic E-state index is 11.6. The molecule has 1 unspecified atom stereocenters. The van der Waals surface area contributed by atoms with Crippen molar-refractivity contribution in [2.45, 2.75) is 43.7 Å². The zero-order chi connectivity index (χ0) is 16.9. The average molecular weight is 323 g/mol. The first-order valence-corrected chi connectivity index (χ1v) is 6.61. The van der Waals surface area contributed by atoms with Crippen LogP contribution in [0.1, 0.15) is 6.92 Å². The van der Waals surface area contributed by atoms with Crippen LogP contribution in [-0.2, 0) is 23.8 Å². The molecule has 0 aromatic heterocycles. The minimum atomic E-state index is -1.49. The van der Waals surface area contributed by atoms with Crippen LogP contribution in [0.3, 0.4) is 0 Å². The van der Waals surface area contributed by atoms with Crippen LogP contribution in [0, 0.1) is 0 Å². The van der Waals surface area contributed by atoms with Crippen LogP contribution in [0.4, 0.5) is 0 Å². The number of ether oxygens (including phenoxy) is 3. The van der Waals surface area contributed by atoms with E-state index in [0.717, 1.165) is 0 Å². The SMILES string of the molecule is COC(=O)[C@@H](C)NC(=O)CO[C@H]1O[C@H](C(O)CO)[C@H](O)[C@@H]1O. The van der Waals surface area contributed by atoms with Gasteiger partial charge in [-0.05, 0) is 6.92 Å². The second-order valence-corrected chi connectivity index (χ2v) is 4.82. The molecule has 0 bridgehead atoms. The van der Waals surface area contributed by atoms with Gasteiger partial charge in [-0.25, -0.2) is 4.79 Å². The number of methoxy groups -OCH3 is 1. The molecule has 5 N–H and O–H groups in total. The Morgan fingerprint density at radius 1 is 1.32 bits per heavy atom. The largest absolute Gasteiger partial charge is 0.467 e. The van der Waals surface area contributed by atoms with Gasteiger partial charge in [-0.3, -0.25) is 4.79 Å². The van der Waals surface area contributed by atoms with Gasteiger partial charge in [0.05, 0.1) is 13.7 Å². The molecular weight excluding hydrogens is 302 g/mol. The molecule has 0 radical (unpaired) electrons. The Bertz CT molecular complexity index is 391. The van der Waals surface area contributed by atoms with E-state index in [4.69, 9.17) is 14.6 Å². The highest BCUT2D eigenvalue weighted by Gasteiger charge is 2.46. The molecule has 0 saturated carbocycles. The number of carbonyl (C=O) groups excluding carboxylic acids is 2. The smallest absolute Gasteiger partial charge is 0.328 e. The first-order valence-electron chi connectivity index (χ1n) is 6.61. The Kier molecular flexibility index (Phi) is 7.13. The van der Waals surface area contributed by atoms with E-state index >= 15 is 0 Å². The lowest BCUT2D eigenvalue weighted by Gasteiger charge is -2.18. The van der Waals surface area contributed by atoms with Gasteiger partial charge in [-0.15, -0.1) is 0 Å². The number of carbonyl (C=O) groups is 2. The van der Waals surface area contributed by atoms with Gasteiger partial charge in [0.1, 0.15) is 37.1 Å². The van der Waals surface area contributed by atoms with Crippen LogP contribution >= 0.6 is 0 Å². The zero-order valence-electron chi connectivity index (χ0n) is 12.2. The minimum Gasteiger partial charge on any atom is -0.467 e. The molecule has 1 amide bonds. The minimum absolute atomic E-state index is 0.544. The molecular formula is C12H21NO9. The number of aliphatic hydroxyl groups is 4. The van der Waals surface area contributed by atoms with E-state index in [2.05, 4.69) is 10.1 Å². The van der Waals surface area contributed by atoms with Crippen molar-refractivity contribution in [2.75, 3.05) is 20.3 Å². The lowest BCUT2D eigenvalue weighted by molar-refractivity contribution is -0.184. The second kappa shape index (κ2) is 8.36. The monoisotopic (exact) mass is 323 g/mol. The van der Waals surface area contributed by atoms with Crippen LogP contribution in [0.5, 0.6) is 0 Å². The van der Waals surface area contributed by atoms with Crippen molar-refractivity contribution in [1.82, 2.24) is 5.32 Å². The fourth-order valence-corrected chi connectivity index (χ4v) is 1.91. The molecule has 0 aliphatic carbocycles. The number of hydrogen-bond acceptors (Lipinski definition) is 9. The summed E-state index contributed by atoms with van der Waals surface area (Å²) >= 11 is 0. The Labute approximate surface area is 126 Å². The van der Waals surface area contributed by atoms with E-state index in [-0.39, 0.29) is 0 Å². The number of hydrogen-bond donors (Lipinski definition) is 5. The molecule has 10 nitrogen and oxygen atoms in total. The van der Waals surface area contributed by atoms with Crippen molar-refractivity contribution in [2.24, 2.45) is 0 Å². The summed E-state index contributed by atoms with van der Waals surface area (Å²) in [5, 5.41) is 39.9. The van der Waals surface area contributed by atoms with Crippen LogP contribution in [0.15, 0.2) is 0 Å². The van der Waals surface area contributed by atoms with Crippen molar-refractivity contribution in [1.29, 1.82) is 0 Å². The number of rotatable bonds is 7.